The maximum absolute atomic E-state index is 3.66. The SMILES string of the molecule is CC(C)CCC(C)NCCN(Cc1cccs1)C(C)C. The number of hydrogen-bond donors (Lipinski definition) is 1. The third-order valence-electron chi connectivity index (χ3n) is 3.74. The van der Waals surface area contributed by atoms with Crippen LogP contribution in [0.4, 0.5) is 0 Å². The molecule has 1 aromatic heterocycles. The van der Waals surface area contributed by atoms with E-state index in [9.17, 15) is 0 Å². The zero-order valence-corrected chi connectivity index (χ0v) is 14.7. The Bertz CT molecular complexity index is 333. The van der Waals surface area contributed by atoms with E-state index in [0.29, 0.717) is 12.1 Å². The van der Waals surface area contributed by atoms with E-state index in [0.717, 1.165) is 25.6 Å². The lowest BCUT2D eigenvalue weighted by Crippen LogP contribution is -2.38. The van der Waals surface area contributed by atoms with Crippen molar-refractivity contribution >= 4 is 11.3 Å². The topological polar surface area (TPSA) is 15.3 Å². The van der Waals surface area contributed by atoms with Gasteiger partial charge in [0.2, 0.25) is 0 Å². The molecule has 1 atom stereocenters. The van der Waals surface area contributed by atoms with E-state index in [2.05, 4.69) is 62.3 Å². The van der Waals surface area contributed by atoms with Crippen molar-refractivity contribution in [3.63, 3.8) is 0 Å². The van der Waals surface area contributed by atoms with Crippen LogP contribution >= 0.6 is 11.3 Å². The van der Waals surface area contributed by atoms with Gasteiger partial charge in [0.05, 0.1) is 0 Å². The zero-order chi connectivity index (χ0) is 15.0. The zero-order valence-electron chi connectivity index (χ0n) is 13.9. The molecule has 1 rings (SSSR count). The summed E-state index contributed by atoms with van der Waals surface area (Å²) in [6.07, 6.45) is 2.60. The molecule has 1 heterocycles. The maximum atomic E-state index is 3.66. The van der Waals surface area contributed by atoms with Crippen molar-refractivity contribution in [2.45, 2.75) is 66.1 Å². The van der Waals surface area contributed by atoms with Crippen LogP contribution in [0.1, 0.15) is 52.3 Å². The van der Waals surface area contributed by atoms with Crippen molar-refractivity contribution in [1.82, 2.24) is 10.2 Å². The second kappa shape index (κ2) is 9.54. The minimum Gasteiger partial charge on any atom is -0.313 e. The van der Waals surface area contributed by atoms with Gasteiger partial charge in [-0.2, -0.15) is 0 Å². The third kappa shape index (κ3) is 7.41. The molecule has 0 saturated carbocycles. The fourth-order valence-corrected chi connectivity index (χ4v) is 2.99. The molecule has 2 nitrogen and oxygen atoms in total. The first kappa shape index (κ1) is 17.7. The molecule has 1 unspecified atom stereocenters. The van der Waals surface area contributed by atoms with E-state index in [-0.39, 0.29) is 0 Å². The number of thiophene rings is 1. The van der Waals surface area contributed by atoms with Crippen LogP contribution in [0.15, 0.2) is 17.5 Å². The normalized spacial score (nSPS) is 13.6. The molecule has 0 aliphatic carbocycles. The lowest BCUT2D eigenvalue weighted by atomic mass is 10.0. The van der Waals surface area contributed by atoms with E-state index in [1.54, 1.807) is 0 Å². The van der Waals surface area contributed by atoms with Gasteiger partial charge in [-0.1, -0.05) is 19.9 Å². The standard InChI is InChI=1S/C17H32N2S/c1-14(2)8-9-16(5)18-10-11-19(15(3)4)13-17-7-6-12-20-17/h6-7,12,14-16,18H,8-11,13H2,1-5H3. The summed E-state index contributed by atoms with van der Waals surface area (Å²) in [5, 5.41) is 5.83. The lowest BCUT2D eigenvalue weighted by molar-refractivity contribution is 0.212. The predicted octanol–water partition coefficient (Wildman–Crippen LogP) is 4.37. The number of rotatable bonds is 10. The van der Waals surface area contributed by atoms with Gasteiger partial charge >= 0.3 is 0 Å². The molecule has 20 heavy (non-hydrogen) atoms. The molecule has 0 aliphatic rings. The Hall–Kier alpha value is -0.380. The van der Waals surface area contributed by atoms with Gasteiger partial charge in [-0.05, 0) is 51.0 Å². The Morgan fingerprint density at radius 1 is 1.15 bits per heavy atom. The van der Waals surface area contributed by atoms with Gasteiger partial charge < -0.3 is 5.32 Å². The highest BCUT2D eigenvalue weighted by atomic mass is 32.1. The summed E-state index contributed by atoms with van der Waals surface area (Å²) < 4.78 is 0. The molecule has 0 fully saturated rings. The second-order valence-corrected chi connectivity index (χ2v) is 7.50. The predicted molar refractivity (Wildman–Crippen MR) is 91.4 cm³/mol. The van der Waals surface area contributed by atoms with Gasteiger partial charge in [0.25, 0.3) is 0 Å². The highest BCUT2D eigenvalue weighted by Crippen LogP contribution is 2.13. The van der Waals surface area contributed by atoms with E-state index >= 15 is 0 Å². The Kier molecular flexibility index (Phi) is 8.43. The maximum Gasteiger partial charge on any atom is 0.0331 e. The van der Waals surface area contributed by atoms with Crippen LogP contribution in [0.5, 0.6) is 0 Å². The van der Waals surface area contributed by atoms with Crippen molar-refractivity contribution in [1.29, 1.82) is 0 Å². The summed E-state index contributed by atoms with van der Waals surface area (Å²) in [6, 6.07) is 5.61. The van der Waals surface area contributed by atoms with Crippen LogP contribution in [0.25, 0.3) is 0 Å². The molecule has 0 bridgehead atoms. The van der Waals surface area contributed by atoms with E-state index in [1.165, 1.54) is 17.7 Å². The first-order valence-corrected chi connectivity index (χ1v) is 8.86. The van der Waals surface area contributed by atoms with Crippen molar-refractivity contribution in [3.05, 3.63) is 22.4 Å². The molecule has 0 aliphatic heterocycles. The van der Waals surface area contributed by atoms with Crippen LogP contribution in [0, 0.1) is 5.92 Å². The molecule has 1 N–H and O–H groups in total. The molecular weight excluding hydrogens is 264 g/mol. The van der Waals surface area contributed by atoms with Crippen LogP contribution < -0.4 is 5.32 Å². The number of nitrogens with one attached hydrogen (secondary N) is 1. The first-order chi connectivity index (χ1) is 9.49. The van der Waals surface area contributed by atoms with Gasteiger partial charge in [0, 0.05) is 36.6 Å². The van der Waals surface area contributed by atoms with Crippen LogP contribution in [-0.4, -0.2) is 30.1 Å². The average molecular weight is 297 g/mol. The van der Waals surface area contributed by atoms with Crippen molar-refractivity contribution in [3.8, 4) is 0 Å². The molecule has 0 saturated heterocycles. The molecule has 0 amide bonds. The Morgan fingerprint density at radius 2 is 1.90 bits per heavy atom. The molecule has 1 aromatic rings. The van der Waals surface area contributed by atoms with Crippen molar-refractivity contribution in [2.24, 2.45) is 5.92 Å². The Morgan fingerprint density at radius 3 is 2.45 bits per heavy atom. The van der Waals surface area contributed by atoms with Gasteiger partial charge in [0.1, 0.15) is 0 Å². The summed E-state index contributed by atoms with van der Waals surface area (Å²) in [5.41, 5.74) is 0. The minimum absolute atomic E-state index is 0.602. The van der Waals surface area contributed by atoms with Crippen LogP contribution in [-0.2, 0) is 6.54 Å². The lowest BCUT2D eigenvalue weighted by Gasteiger charge is -2.27. The van der Waals surface area contributed by atoms with E-state index in [1.807, 2.05) is 11.3 Å². The molecule has 3 heteroatoms. The van der Waals surface area contributed by atoms with E-state index < -0.39 is 0 Å². The second-order valence-electron chi connectivity index (χ2n) is 6.47. The van der Waals surface area contributed by atoms with Crippen molar-refractivity contribution in [2.75, 3.05) is 13.1 Å². The average Bonchev–Trinajstić information content (AvgIpc) is 2.87. The van der Waals surface area contributed by atoms with Gasteiger partial charge in [-0.3, -0.25) is 4.90 Å². The summed E-state index contributed by atoms with van der Waals surface area (Å²) in [7, 11) is 0. The fraction of sp³-hybridized carbons (Fsp3) is 0.765. The van der Waals surface area contributed by atoms with Gasteiger partial charge in [-0.25, -0.2) is 0 Å². The van der Waals surface area contributed by atoms with Crippen molar-refractivity contribution < 1.29 is 0 Å². The molecule has 0 aromatic carbocycles. The summed E-state index contributed by atoms with van der Waals surface area (Å²) >= 11 is 1.86. The monoisotopic (exact) mass is 296 g/mol. The smallest absolute Gasteiger partial charge is 0.0331 e. The summed E-state index contributed by atoms with van der Waals surface area (Å²) in [4.78, 5) is 4.01. The van der Waals surface area contributed by atoms with Gasteiger partial charge in [-0.15, -0.1) is 11.3 Å². The summed E-state index contributed by atoms with van der Waals surface area (Å²) in [6.45, 7) is 14.8. The highest BCUT2D eigenvalue weighted by Gasteiger charge is 2.11. The summed E-state index contributed by atoms with van der Waals surface area (Å²) in [5.74, 6) is 0.810. The Balaban J connectivity index is 2.25. The minimum atomic E-state index is 0.602. The molecular formula is C17H32N2S. The quantitative estimate of drug-likeness (QED) is 0.689. The third-order valence-corrected chi connectivity index (χ3v) is 4.60. The molecule has 0 spiro atoms. The molecule has 0 radical (unpaired) electrons. The highest BCUT2D eigenvalue weighted by molar-refractivity contribution is 7.09. The largest absolute Gasteiger partial charge is 0.313 e. The Labute approximate surface area is 129 Å². The van der Waals surface area contributed by atoms with Gasteiger partial charge in [0.15, 0.2) is 0 Å². The van der Waals surface area contributed by atoms with E-state index in [4.69, 9.17) is 0 Å². The molecule has 116 valence electrons. The fourth-order valence-electron chi connectivity index (χ4n) is 2.26. The first-order valence-electron chi connectivity index (χ1n) is 7.98. The number of hydrogen-bond acceptors (Lipinski definition) is 3. The number of nitrogens with zero attached hydrogens (tertiary/aromatic N) is 1. The van der Waals surface area contributed by atoms with Crippen LogP contribution in [0.3, 0.4) is 0 Å². The van der Waals surface area contributed by atoms with Crippen LogP contribution in [0.2, 0.25) is 0 Å².